The number of benzene rings is 1. The average Bonchev–Trinajstić information content (AvgIpc) is 2.43. The Bertz CT molecular complexity index is 420. The minimum absolute atomic E-state index is 0.00423. The average molecular weight is 316 g/mol. The fourth-order valence-electron chi connectivity index (χ4n) is 1.46. The lowest BCUT2D eigenvalue weighted by Gasteiger charge is -2.21. The second-order valence-electron chi connectivity index (χ2n) is 5.03. The molecular weight excluding hydrogens is 294 g/mol. The maximum absolute atomic E-state index is 11.6. The maximum atomic E-state index is 11.6. The van der Waals surface area contributed by atoms with Gasteiger partial charge in [0, 0.05) is 22.9 Å². The molecule has 0 bridgehead atoms. The van der Waals surface area contributed by atoms with Crippen LogP contribution in [0.15, 0.2) is 29.2 Å². The van der Waals surface area contributed by atoms with Gasteiger partial charge < -0.3 is 10.4 Å². The van der Waals surface area contributed by atoms with Crippen molar-refractivity contribution in [3.63, 3.8) is 0 Å². The number of carbonyl (C=O) groups is 1. The molecule has 5 heteroatoms. The summed E-state index contributed by atoms with van der Waals surface area (Å²) in [5.41, 5.74) is -0.812. The van der Waals surface area contributed by atoms with Crippen molar-refractivity contribution in [1.82, 2.24) is 5.32 Å². The van der Waals surface area contributed by atoms with E-state index in [1.54, 1.807) is 18.7 Å². The Labute approximate surface area is 130 Å². The second kappa shape index (κ2) is 8.55. The second-order valence-corrected chi connectivity index (χ2v) is 6.64. The van der Waals surface area contributed by atoms with Crippen LogP contribution in [0.3, 0.4) is 0 Å². The van der Waals surface area contributed by atoms with Crippen LogP contribution < -0.4 is 5.32 Å². The zero-order valence-corrected chi connectivity index (χ0v) is 13.6. The monoisotopic (exact) mass is 315 g/mol. The zero-order chi connectivity index (χ0) is 15.0. The predicted molar refractivity (Wildman–Crippen MR) is 85.3 cm³/mol. The summed E-state index contributed by atoms with van der Waals surface area (Å²) in [6, 6.07) is 7.68. The number of thioether (sulfide) groups is 1. The number of amides is 1. The summed E-state index contributed by atoms with van der Waals surface area (Å²) in [7, 11) is 0. The minimum atomic E-state index is -0.812. The van der Waals surface area contributed by atoms with E-state index in [1.165, 1.54) is 0 Å². The van der Waals surface area contributed by atoms with E-state index in [0.717, 1.165) is 22.1 Å². The van der Waals surface area contributed by atoms with E-state index in [-0.39, 0.29) is 5.91 Å². The lowest BCUT2D eigenvalue weighted by molar-refractivity contribution is -0.122. The van der Waals surface area contributed by atoms with E-state index in [4.69, 9.17) is 11.6 Å². The number of halogens is 1. The summed E-state index contributed by atoms with van der Waals surface area (Å²) in [5, 5.41) is 13.3. The summed E-state index contributed by atoms with van der Waals surface area (Å²) >= 11 is 7.53. The first-order valence-corrected chi connectivity index (χ1v) is 8.17. The van der Waals surface area contributed by atoms with Crippen LogP contribution in [0, 0.1) is 0 Å². The fourth-order valence-corrected chi connectivity index (χ4v) is 2.43. The van der Waals surface area contributed by atoms with Gasteiger partial charge in [0.1, 0.15) is 0 Å². The van der Waals surface area contributed by atoms with Crippen LogP contribution in [0.1, 0.15) is 33.1 Å². The van der Waals surface area contributed by atoms with Crippen molar-refractivity contribution < 1.29 is 9.90 Å². The molecule has 0 saturated heterocycles. The first kappa shape index (κ1) is 17.3. The molecule has 0 radical (unpaired) electrons. The van der Waals surface area contributed by atoms with E-state index in [0.29, 0.717) is 19.4 Å². The molecule has 0 aromatic heterocycles. The molecule has 1 aromatic rings. The predicted octanol–water partition coefficient (Wildman–Crippen LogP) is 3.49. The number of carbonyl (C=O) groups excluding carboxylic acids is 1. The fraction of sp³-hybridized carbons (Fsp3) is 0.533. The summed E-state index contributed by atoms with van der Waals surface area (Å²) in [6.07, 6.45) is 1.92. The van der Waals surface area contributed by atoms with E-state index in [2.05, 4.69) is 5.32 Å². The third-order valence-electron chi connectivity index (χ3n) is 3.06. The zero-order valence-electron chi connectivity index (χ0n) is 12.0. The summed E-state index contributed by atoms with van der Waals surface area (Å²) in [4.78, 5) is 12.8. The largest absolute Gasteiger partial charge is 0.388 e. The van der Waals surface area contributed by atoms with E-state index < -0.39 is 5.60 Å². The molecule has 112 valence electrons. The van der Waals surface area contributed by atoms with Crippen LogP contribution in [0.25, 0.3) is 0 Å². The first-order valence-electron chi connectivity index (χ1n) is 6.80. The van der Waals surface area contributed by atoms with Gasteiger partial charge in [-0.1, -0.05) is 18.5 Å². The number of hydrogen-bond acceptors (Lipinski definition) is 3. The Hall–Kier alpha value is -0.710. The number of rotatable bonds is 8. The Kier molecular flexibility index (Phi) is 7.41. The number of hydrogen-bond donors (Lipinski definition) is 2. The van der Waals surface area contributed by atoms with Gasteiger partial charge in [0.15, 0.2) is 0 Å². The van der Waals surface area contributed by atoms with E-state index in [1.807, 2.05) is 31.2 Å². The van der Waals surface area contributed by atoms with Crippen molar-refractivity contribution in [2.45, 2.75) is 43.6 Å². The third-order valence-corrected chi connectivity index (χ3v) is 4.41. The molecule has 0 aliphatic rings. The van der Waals surface area contributed by atoms with Crippen molar-refractivity contribution in [1.29, 1.82) is 0 Å². The van der Waals surface area contributed by atoms with E-state index >= 15 is 0 Å². The van der Waals surface area contributed by atoms with Crippen LogP contribution in [0.5, 0.6) is 0 Å². The Morgan fingerprint density at radius 1 is 1.40 bits per heavy atom. The number of aliphatic hydroxyl groups is 1. The smallest absolute Gasteiger partial charge is 0.220 e. The quantitative estimate of drug-likeness (QED) is 0.570. The lowest BCUT2D eigenvalue weighted by Crippen LogP contribution is -2.40. The highest BCUT2D eigenvalue weighted by atomic mass is 35.5. The molecule has 1 rings (SSSR count). The molecule has 2 N–H and O–H groups in total. The highest BCUT2D eigenvalue weighted by Gasteiger charge is 2.17. The van der Waals surface area contributed by atoms with Crippen LogP contribution in [0.4, 0.5) is 0 Å². The molecule has 20 heavy (non-hydrogen) atoms. The molecule has 3 nitrogen and oxygen atoms in total. The molecule has 1 unspecified atom stereocenters. The third kappa shape index (κ3) is 7.17. The van der Waals surface area contributed by atoms with Crippen molar-refractivity contribution >= 4 is 29.3 Å². The normalized spacial score (nSPS) is 13.8. The van der Waals surface area contributed by atoms with Gasteiger partial charge in [0.05, 0.1) is 5.60 Å². The number of nitrogens with one attached hydrogen (secondary N) is 1. The van der Waals surface area contributed by atoms with Crippen LogP contribution in [-0.2, 0) is 4.79 Å². The molecule has 1 amide bonds. The van der Waals surface area contributed by atoms with Crippen molar-refractivity contribution in [2.24, 2.45) is 0 Å². The Morgan fingerprint density at radius 2 is 2.05 bits per heavy atom. The topological polar surface area (TPSA) is 49.3 Å². The molecule has 1 aromatic carbocycles. The molecule has 0 spiro atoms. The van der Waals surface area contributed by atoms with Crippen LogP contribution in [-0.4, -0.2) is 28.9 Å². The first-order chi connectivity index (χ1) is 9.43. The van der Waals surface area contributed by atoms with Crippen molar-refractivity contribution in [2.75, 3.05) is 12.3 Å². The standard InChI is InChI=1S/C15H22ClNO2S/c1-3-15(2,19)11-17-14(18)5-4-10-20-13-8-6-12(16)7-9-13/h6-9,19H,3-5,10-11H2,1-2H3,(H,17,18). The van der Waals surface area contributed by atoms with Crippen LogP contribution in [0.2, 0.25) is 5.02 Å². The molecule has 1 atom stereocenters. The van der Waals surface area contributed by atoms with Gasteiger partial charge in [-0.05, 0) is 49.8 Å². The summed E-state index contributed by atoms with van der Waals surface area (Å²) < 4.78 is 0. The summed E-state index contributed by atoms with van der Waals surface area (Å²) in [5.74, 6) is 0.884. The van der Waals surface area contributed by atoms with Gasteiger partial charge in [-0.25, -0.2) is 0 Å². The van der Waals surface area contributed by atoms with Crippen LogP contribution >= 0.6 is 23.4 Å². The molecule has 0 aliphatic carbocycles. The maximum Gasteiger partial charge on any atom is 0.220 e. The van der Waals surface area contributed by atoms with Crippen molar-refractivity contribution in [3.05, 3.63) is 29.3 Å². The van der Waals surface area contributed by atoms with Gasteiger partial charge in [0.25, 0.3) is 0 Å². The molecule has 0 saturated carbocycles. The SMILES string of the molecule is CCC(C)(O)CNC(=O)CCCSc1ccc(Cl)cc1. The highest BCUT2D eigenvalue weighted by molar-refractivity contribution is 7.99. The minimum Gasteiger partial charge on any atom is -0.388 e. The van der Waals surface area contributed by atoms with Gasteiger partial charge in [-0.3, -0.25) is 4.79 Å². The molecule has 0 fully saturated rings. The molecule has 0 heterocycles. The van der Waals surface area contributed by atoms with Gasteiger partial charge in [-0.15, -0.1) is 11.8 Å². The van der Waals surface area contributed by atoms with Gasteiger partial charge >= 0.3 is 0 Å². The van der Waals surface area contributed by atoms with Gasteiger partial charge in [0.2, 0.25) is 5.91 Å². The van der Waals surface area contributed by atoms with E-state index in [9.17, 15) is 9.90 Å². The summed E-state index contributed by atoms with van der Waals surface area (Å²) in [6.45, 7) is 3.94. The lowest BCUT2D eigenvalue weighted by atomic mass is 10.0. The highest BCUT2D eigenvalue weighted by Crippen LogP contribution is 2.21. The molecule has 0 aliphatic heterocycles. The van der Waals surface area contributed by atoms with Crippen molar-refractivity contribution in [3.8, 4) is 0 Å². The van der Waals surface area contributed by atoms with Gasteiger partial charge in [-0.2, -0.15) is 0 Å². The Balaban J connectivity index is 2.14. The molecular formula is C15H22ClNO2S. The Morgan fingerprint density at radius 3 is 2.65 bits per heavy atom.